The Bertz CT molecular complexity index is 332. The number of ether oxygens (including phenoxy) is 1. The Morgan fingerprint density at radius 1 is 1.06 bits per heavy atom. The van der Waals surface area contributed by atoms with E-state index in [1.807, 2.05) is 0 Å². The zero-order valence-electron chi connectivity index (χ0n) is 10.1. The monoisotopic (exact) mass is 242 g/mol. The van der Waals surface area contributed by atoms with E-state index in [0.29, 0.717) is 25.7 Å². The Morgan fingerprint density at radius 3 is 1.65 bits per heavy atom. The lowest BCUT2D eigenvalue weighted by atomic mass is 9.53. The summed E-state index contributed by atoms with van der Waals surface area (Å²) in [6.07, 6.45) is 1.20. The number of carbonyl (C=O) groups is 2. The van der Waals surface area contributed by atoms with E-state index in [1.165, 1.54) is 0 Å². The molecule has 0 radical (unpaired) electrons. The summed E-state index contributed by atoms with van der Waals surface area (Å²) in [5.41, 5.74) is -2.38. The molecular weight excluding hydrogens is 224 g/mol. The molecule has 4 atom stereocenters. The minimum Gasteiger partial charge on any atom is -0.481 e. The fraction of sp³-hybridized carbons (Fsp3) is 0.833. The van der Waals surface area contributed by atoms with E-state index < -0.39 is 22.8 Å². The number of hydrogen-bond acceptors (Lipinski definition) is 3. The minimum absolute atomic E-state index is 0.0509. The summed E-state index contributed by atoms with van der Waals surface area (Å²) in [4.78, 5) is 23.3. The third-order valence-corrected chi connectivity index (χ3v) is 4.73. The van der Waals surface area contributed by atoms with Crippen molar-refractivity contribution in [3.8, 4) is 0 Å². The molecule has 96 valence electrons. The molecule has 1 aliphatic heterocycles. The molecule has 1 saturated carbocycles. The summed E-state index contributed by atoms with van der Waals surface area (Å²) in [6, 6.07) is 0. The van der Waals surface area contributed by atoms with Gasteiger partial charge in [-0.3, -0.25) is 9.59 Å². The maximum atomic E-state index is 11.6. The molecule has 17 heavy (non-hydrogen) atoms. The number of aliphatic carboxylic acids is 2. The van der Waals surface area contributed by atoms with E-state index in [0.717, 1.165) is 0 Å². The van der Waals surface area contributed by atoms with Crippen molar-refractivity contribution in [3.05, 3.63) is 0 Å². The number of carboxylic acid groups (broad SMARTS) is 2. The number of hydrogen-bond donors (Lipinski definition) is 2. The standard InChI is InChI=1S/C12H18O5/c1-3-11(9(13)14)5-7-8(17-7)6-12(11,4-2)10(15)16/h7-8H,3-6H2,1-2H3,(H,13,14)(H,15,16)/t7-,8+,11?,12?. The van der Waals surface area contributed by atoms with Gasteiger partial charge in [0.2, 0.25) is 0 Å². The quantitative estimate of drug-likeness (QED) is 0.729. The molecule has 0 bridgehead atoms. The van der Waals surface area contributed by atoms with Crippen molar-refractivity contribution in [1.82, 2.24) is 0 Å². The molecule has 5 heteroatoms. The van der Waals surface area contributed by atoms with Gasteiger partial charge in [-0.15, -0.1) is 0 Å². The van der Waals surface area contributed by atoms with Crippen LogP contribution in [0.2, 0.25) is 0 Å². The smallest absolute Gasteiger partial charge is 0.310 e. The average Bonchev–Trinajstić information content (AvgIpc) is 3.03. The van der Waals surface area contributed by atoms with Crippen molar-refractivity contribution >= 4 is 11.9 Å². The molecule has 1 aliphatic carbocycles. The highest BCUT2D eigenvalue weighted by molar-refractivity contribution is 5.87. The first-order chi connectivity index (χ1) is 7.93. The molecule has 1 heterocycles. The van der Waals surface area contributed by atoms with Crippen molar-refractivity contribution in [1.29, 1.82) is 0 Å². The van der Waals surface area contributed by atoms with Crippen LogP contribution < -0.4 is 0 Å². The Balaban J connectivity index is 2.50. The summed E-state index contributed by atoms with van der Waals surface area (Å²) >= 11 is 0. The Hall–Kier alpha value is -1.10. The molecule has 0 amide bonds. The number of fused-ring (bicyclic) bond motifs is 1. The highest BCUT2D eigenvalue weighted by Gasteiger charge is 2.68. The minimum atomic E-state index is -1.19. The second kappa shape index (κ2) is 3.70. The second-order valence-corrected chi connectivity index (χ2v) is 5.10. The van der Waals surface area contributed by atoms with E-state index in [9.17, 15) is 19.8 Å². The molecule has 2 N–H and O–H groups in total. The van der Waals surface area contributed by atoms with Crippen LogP contribution >= 0.6 is 0 Å². The summed E-state index contributed by atoms with van der Waals surface area (Å²) in [6.45, 7) is 3.51. The predicted octanol–water partition coefficient (Wildman–Crippen LogP) is 1.51. The molecule has 0 aromatic heterocycles. The van der Waals surface area contributed by atoms with Crippen molar-refractivity contribution in [2.45, 2.75) is 51.7 Å². The molecule has 2 unspecified atom stereocenters. The summed E-state index contributed by atoms with van der Waals surface area (Å²) in [5, 5.41) is 19.0. The third-order valence-electron chi connectivity index (χ3n) is 4.73. The number of carboxylic acids is 2. The van der Waals surface area contributed by atoms with Crippen LogP contribution in [0.3, 0.4) is 0 Å². The Morgan fingerprint density at radius 2 is 1.41 bits per heavy atom. The molecule has 0 aromatic carbocycles. The van der Waals surface area contributed by atoms with Gasteiger partial charge in [0.15, 0.2) is 0 Å². The molecule has 0 spiro atoms. The van der Waals surface area contributed by atoms with Crippen LogP contribution in [0.1, 0.15) is 39.5 Å². The maximum Gasteiger partial charge on any atom is 0.310 e. The lowest BCUT2D eigenvalue weighted by molar-refractivity contribution is -0.179. The van der Waals surface area contributed by atoms with Gasteiger partial charge in [-0.25, -0.2) is 0 Å². The van der Waals surface area contributed by atoms with Crippen molar-refractivity contribution in [3.63, 3.8) is 0 Å². The van der Waals surface area contributed by atoms with Gasteiger partial charge in [-0.2, -0.15) is 0 Å². The predicted molar refractivity (Wildman–Crippen MR) is 58.6 cm³/mol. The van der Waals surface area contributed by atoms with Crippen molar-refractivity contribution in [2.75, 3.05) is 0 Å². The van der Waals surface area contributed by atoms with Gasteiger partial charge >= 0.3 is 11.9 Å². The first-order valence-electron chi connectivity index (χ1n) is 6.06. The highest BCUT2D eigenvalue weighted by Crippen LogP contribution is 2.60. The largest absolute Gasteiger partial charge is 0.481 e. The molecule has 0 aromatic rings. The van der Waals surface area contributed by atoms with Crippen LogP contribution in [0.5, 0.6) is 0 Å². The molecule has 1 saturated heterocycles. The summed E-state index contributed by atoms with van der Waals surface area (Å²) in [7, 11) is 0. The van der Waals surface area contributed by atoms with E-state index in [4.69, 9.17) is 4.74 Å². The molecular formula is C12H18O5. The number of rotatable bonds is 4. The molecule has 2 rings (SSSR count). The van der Waals surface area contributed by atoms with Crippen LogP contribution in [-0.4, -0.2) is 34.4 Å². The normalized spacial score (nSPS) is 43.9. The Labute approximate surface area is 99.8 Å². The van der Waals surface area contributed by atoms with Crippen LogP contribution in [0, 0.1) is 10.8 Å². The maximum absolute atomic E-state index is 11.6. The van der Waals surface area contributed by atoms with Crippen molar-refractivity contribution in [2.24, 2.45) is 10.8 Å². The summed E-state index contributed by atoms with van der Waals surface area (Å²) in [5.74, 6) is -2.00. The van der Waals surface area contributed by atoms with Crippen LogP contribution in [0.4, 0.5) is 0 Å². The Kier molecular flexibility index (Phi) is 2.69. The zero-order chi connectivity index (χ0) is 12.8. The van der Waals surface area contributed by atoms with Gasteiger partial charge in [0.05, 0.1) is 23.0 Å². The second-order valence-electron chi connectivity index (χ2n) is 5.10. The van der Waals surface area contributed by atoms with Gasteiger partial charge in [-0.05, 0) is 25.7 Å². The average molecular weight is 242 g/mol. The fourth-order valence-corrected chi connectivity index (χ4v) is 3.47. The van der Waals surface area contributed by atoms with Gasteiger partial charge < -0.3 is 14.9 Å². The van der Waals surface area contributed by atoms with E-state index >= 15 is 0 Å². The van der Waals surface area contributed by atoms with Crippen molar-refractivity contribution < 1.29 is 24.5 Å². The highest BCUT2D eigenvalue weighted by atomic mass is 16.6. The topological polar surface area (TPSA) is 87.1 Å². The molecule has 5 nitrogen and oxygen atoms in total. The first-order valence-corrected chi connectivity index (χ1v) is 6.06. The van der Waals surface area contributed by atoms with E-state index in [-0.39, 0.29) is 12.2 Å². The van der Waals surface area contributed by atoms with Gasteiger partial charge in [0.1, 0.15) is 0 Å². The first kappa shape index (κ1) is 12.4. The van der Waals surface area contributed by atoms with Crippen LogP contribution in [0.15, 0.2) is 0 Å². The molecule has 2 aliphatic rings. The van der Waals surface area contributed by atoms with E-state index in [1.54, 1.807) is 13.8 Å². The van der Waals surface area contributed by atoms with Crippen LogP contribution in [-0.2, 0) is 14.3 Å². The van der Waals surface area contributed by atoms with E-state index in [2.05, 4.69) is 0 Å². The zero-order valence-corrected chi connectivity index (χ0v) is 10.1. The third kappa shape index (κ3) is 1.41. The van der Waals surface area contributed by atoms with Gasteiger partial charge in [0, 0.05) is 0 Å². The van der Waals surface area contributed by atoms with Gasteiger partial charge in [0.25, 0.3) is 0 Å². The van der Waals surface area contributed by atoms with Gasteiger partial charge in [-0.1, -0.05) is 13.8 Å². The molecule has 2 fully saturated rings. The number of epoxide rings is 1. The lowest BCUT2D eigenvalue weighted by Crippen LogP contribution is -2.55. The lowest BCUT2D eigenvalue weighted by Gasteiger charge is -2.46. The summed E-state index contributed by atoms with van der Waals surface area (Å²) < 4.78 is 5.37. The SMILES string of the molecule is CCC1(C(=O)O)C[C@@H]2O[C@@H]2CC1(CC)C(=O)O. The fourth-order valence-electron chi connectivity index (χ4n) is 3.47. The van der Waals surface area contributed by atoms with Crippen LogP contribution in [0.25, 0.3) is 0 Å².